The molecule has 0 aliphatic rings. The van der Waals surface area contributed by atoms with Gasteiger partial charge in [0.05, 0.1) is 0 Å². The van der Waals surface area contributed by atoms with Gasteiger partial charge in [-0.05, 0) is 17.9 Å². The maximum Gasteiger partial charge on any atom is 0.354 e. The van der Waals surface area contributed by atoms with Gasteiger partial charge in [-0.25, -0.2) is 9.78 Å². The van der Waals surface area contributed by atoms with Crippen molar-refractivity contribution in [3.8, 4) is 12.3 Å². The zero-order chi connectivity index (χ0) is 13.7. The number of anilines is 1. The van der Waals surface area contributed by atoms with Gasteiger partial charge in [-0.1, -0.05) is 24.3 Å². The number of aromatic carboxylic acids is 1. The zero-order valence-electron chi connectivity index (χ0n) is 10.4. The Hall–Kier alpha value is -2.54. The molecule has 0 fully saturated rings. The third kappa shape index (κ3) is 3.02. The molecule has 2 aromatic rings. The van der Waals surface area contributed by atoms with Gasteiger partial charge < -0.3 is 10.4 Å². The van der Waals surface area contributed by atoms with Gasteiger partial charge in [0.25, 0.3) is 0 Å². The maximum atomic E-state index is 11.1. The molecule has 19 heavy (non-hydrogen) atoms. The van der Waals surface area contributed by atoms with E-state index in [2.05, 4.69) is 16.2 Å². The van der Waals surface area contributed by atoms with Gasteiger partial charge in [-0.15, -0.1) is 12.3 Å². The summed E-state index contributed by atoms with van der Waals surface area (Å²) in [5, 5.41) is 14.0. The van der Waals surface area contributed by atoms with Gasteiger partial charge in [0.15, 0.2) is 5.69 Å². The van der Waals surface area contributed by atoms with Crippen molar-refractivity contribution in [2.75, 3.05) is 11.9 Å². The van der Waals surface area contributed by atoms with Crippen LogP contribution in [0.5, 0.6) is 0 Å². The summed E-state index contributed by atoms with van der Waals surface area (Å²) < 4.78 is 0. The first-order valence-corrected chi connectivity index (χ1v) is 6.03. The largest absolute Gasteiger partial charge is 0.477 e. The van der Waals surface area contributed by atoms with Crippen LogP contribution in [0.4, 0.5) is 5.82 Å². The summed E-state index contributed by atoms with van der Waals surface area (Å²) in [4.78, 5) is 15.2. The van der Waals surface area contributed by atoms with Crippen LogP contribution in [0, 0.1) is 12.3 Å². The minimum absolute atomic E-state index is 0.0400. The molecule has 0 saturated carbocycles. The third-order valence-electron chi connectivity index (χ3n) is 2.75. The number of pyridine rings is 1. The number of benzene rings is 1. The van der Waals surface area contributed by atoms with Gasteiger partial charge in [0, 0.05) is 18.4 Å². The summed E-state index contributed by atoms with van der Waals surface area (Å²) in [6, 6.07) is 9.13. The van der Waals surface area contributed by atoms with E-state index in [0.717, 1.165) is 17.2 Å². The molecule has 2 rings (SSSR count). The summed E-state index contributed by atoms with van der Waals surface area (Å²) >= 11 is 0. The van der Waals surface area contributed by atoms with Crippen LogP contribution in [0.1, 0.15) is 23.3 Å². The number of carboxylic acids is 1. The highest BCUT2D eigenvalue weighted by Crippen LogP contribution is 2.22. The molecule has 0 bridgehead atoms. The van der Waals surface area contributed by atoms with Crippen molar-refractivity contribution in [3.05, 3.63) is 36.0 Å². The minimum Gasteiger partial charge on any atom is -0.477 e. The number of unbranched alkanes of at least 4 members (excludes halogenated alkanes) is 1. The molecule has 0 radical (unpaired) electrons. The molecule has 2 N–H and O–H groups in total. The van der Waals surface area contributed by atoms with Crippen molar-refractivity contribution in [1.82, 2.24) is 4.98 Å². The Morgan fingerprint density at radius 2 is 2.21 bits per heavy atom. The van der Waals surface area contributed by atoms with E-state index in [4.69, 9.17) is 11.5 Å². The number of aromatic nitrogens is 1. The lowest BCUT2D eigenvalue weighted by Crippen LogP contribution is -2.07. The van der Waals surface area contributed by atoms with Crippen LogP contribution in [0.15, 0.2) is 30.3 Å². The number of hydrogen-bond acceptors (Lipinski definition) is 3. The summed E-state index contributed by atoms with van der Waals surface area (Å²) in [5.74, 6) is 2.13. The number of fused-ring (bicyclic) bond motifs is 1. The maximum absolute atomic E-state index is 11.1. The molecule has 1 aromatic carbocycles. The third-order valence-corrected chi connectivity index (χ3v) is 2.75. The number of carboxylic acid groups (broad SMARTS) is 1. The van der Waals surface area contributed by atoms with E-state index < -0.39 is 5.97 Å². The molecule has 4 heteroatoms. The first kappa shape index (κ1) is 12.9. The highest BCUT2D eigenvalue weighted by Gasteiger charge is 2.10. The molecular formula is C15H14N2O2. The normalized spacial score (nSPS) is 10.1. The number of nitrogens with one attached hydrogen (secondary N) is 1. The second-order valence-corrected chi connectivity index (χ2v) is 4.12. The Morgan fingerprint density at radius 3 is 2.95 bits per heavy atom. The fraction of sp³-hybridized carbons (Fsp3) is 0.200. The Balaban J connectivity index is 2.34. The highest BCUT2D eigenvalue weighted by molar-refractivity contribution is 5.97. The molecule has 0 aliphatic carbocycles. The summed E-state index contributed by atoms with van der Waals surface area (Å²) in [6.45, 7) is 0.671. The van der Waals surface area contributed by atoms with Gasteiger partial charge in [-0.2, -0.15) is 0 Å². The molecule has 0 aliphatic heterocycles. The number of terminal acetylenes is 1. The van der Waals surface area contributed by atoms with Crippen LogP contribution in [0.2, 0.25) is 0 Å². The van der Waals surface area contributed by atoms with E-state index in [1.165, 1.54) is 0 Å². The molecule has 0 atom stereocenters. The average Bonchev–Trinajstić information content (AvgIpc) is 2.43. The van der Waals surface area contributed by atoms with E-state index in [-0.39, 0.29) is 5.69 Å². The fourth-order valence-corrected chi connectivity index (χ4v) is 1.84. The van der Waals surface area contributed by atoms with E-state index in [0.29, 0.717) is 18.8 Å². The molecular weight excluding hydrogens is 240 g/mol. The molecule has 1 aromatic heterocycles. The number of hydrogen-bond donors (Lipinski definition) is 2. The molecule has 0 unspecified atom stereocenters. The second-order valence-electron chi connectivity index (χ2n) is 4.12. The first-order chi connectivity index (χ1) is 9.22. The molecule has 0 spiro atoms. The van der Waals surface area contributed by atoms with E-state index in [1.54, 1.807) is 6.07 Å². The Morgan fingerprint density at radius 1 is 1.42 bits per heavy atom. The highest BCUT2D eigenvalue weighted by atomic mass is 16.4. The quantitative estimate of drug-likeness (QED) is 0.636. The van der Waals surface area contributed by atoms with Gasteiger partial charge in [0.2, 0.25) is 0 Å². The lowest BCUT2D eigenvalue weighted by atomic mass is 10.1. The monoisotopic (exact) mass is 254 g/mol. The van der Waals surface area contributed by atoms with E-state index >= 15 is 0 Å². The number of carbonyl (C=O) groups is 1. The first-order valence-electron chi connectivity index (χ1n) is 6.03. The van der Waals surface area contributed by atoms with E-state index in [9.17, 15) is 4.79 Å². The van der Waals surface area contributed by atoms with Crippen LogP contribution in [-0.2, 0) is 0 Å². The Bertz CT molecular complexity index is 644. The topological polar surface area (TPSA) is 62.2 Å². The SMILES string of the molecule is C#CCCCNc1nc(C(=O)O)cc2ccccc12. The fourth-order valence-electron chi connectivity index (χ4n) is 1.84. The second kappa shape index (κ2) is 5.87. The van der Waals surface area contributed by atoms with Gasteiger partial charge >= 0.3 is 5.97 Å². The molecule has 0 saturated heterocycles. The smallest absolute Gasteiger partial charge is 0.354 e. The van der Waals surface area contributed by atoms with Crippen molar-refractivity contribution in [2.24, 2.45) is 0 Å². The molecule has 1 heterocycles. The van der Waals surface area contributed by atoms with Crippen LogP contribution < -0.4 is 5.32 Å². The van der Waals surface area contributed by atoms with E-state index in [1.807, 2.05) is 24.3 Å². The van der Waals surface area contributed by atoms with Crippen molar-refractivity contribution < 1.29 is 9.90 Å². The van der Waals surface area contributed by atoms with Crippen molar-refractivity contribution in [2.45, 2.75) is 12.8 Å². The Labute approximate surface area is 111 Å². The molecule has 0 amide bonds. The predicted molar refractivity (Wildman–Crippen MR) is 75.3 cm³/mol. The van der Waals surface area contributed by atoms with Crippen LogP contribution in [-0.4, -0.2) is 22.6 Å². The zero-order valence-corrected chi connectivity index (χ0v) is 10.4. The molecule has 96 valence electrons. The summed E-state index contributed by atoms with van der Waals surface area (Å²) in [6.07, 6.45) is 6.70. The lowest BCUT2D eigenvalue weighted by Gasteiger charge is -2.09. The van der Waals surface area contributed by atoms with Crippen molar-refractivity contribution >= 4 is 22.6 Å². The minimum atomic E-state index is -1.03. The van der Waals surface area contributed by atoms with Crippen LogP contribution >= 0.6 is 0 Å². The number of rotatable bonds is 5. The summed E-state index contributed by atoms with van der Waals surface area (Å²) in [5.41, 5.74) is 0.0400. The summed E-state index contributed by atoms with van der Waals surface area (Å²) in [7, 11) is 0. The standard InChI is InChI=1S/C15H14N2O2/c1-2-3-6-9-16-14-12-8-5-4-7-11(12)10-13(17-14)15(18)19/h1,4-5,7-8,10H,3,6,9H2,(H,16,17)(H,18,19). The number of nitrogens with zero attached hydrogens (tertiary/aromatic N) is 1. The van der Waals surface area contributed by atoms with Crippen LogP contribution in [0.25, 0.3) is 10.8 Å². The lowest BCUT2D eigenvalue weighted by molar-refractivity contribution is 0.0691. The van der Waals surface area contributed by atoms with Crippen LogP contribution in [0.3, 0.4) is 0 Å². The van der Waals surface area contributed by atoms with Gasteiger partial charge in [-0.3, -0.25) is 0 Å². The Kier molecular flexibility index (Phi) is 3.99. The van der Waals surface area contributed by atoms with Crippen molar-refractivity contribution in [3.63, 3.8) is 0 Å². The van der Waals surface area contributed by atoms with Gasteiger partial charge in [0.1, 0.15) is 5.82 Å². The van der Waals surface area contributed by atoms with Crippen molar-refractivity contribution in [1.29, 1.82) is 0 Å². The predicted octanol–water partition coefficient (Wildman–Crippen LogP) is 2.76. The average molecular weight is 254 g/mol. The molecule has 4 nitrogen and oxygen atoms in total.